The van der Waals surface area contributed by atoms with Crippen LogP contribution in [0.2, 0.25) is 0 Å². The zero-order chi connectivity index (χ0) is 5.28. The fourth-order valence-electron chi connectivity index (χ4n) is 0.254. The number of rotatable bonds is 0. The predicted molar refractivity (Wildman–Crippen MR) is 22.9 cm³/mol. The summed E-state index contributed by atoms with van der Waals surface area (Å²) in [6.45, 7) is 0. The topological polar surface area (TPSA) is 66.9 Å². The molecule has 0 spiro atoms. The summed E-state index contributed by atoms with van der Waals surface area (Å²) in [7, 11) is 0. The van der Waals surface area contributed by atoms with Gasteiger partial charge in [0.2, 0.25) is 0 Å². The molecular formula is C3H3N2O2. The van der Waals surface area contributed by atoms with Crippen molar-refractivity contribution in [2.75, 3.05) is 0 Å². The summed E-state index contributed by atoms with van der Waals surface area (Å²) in [5, 5.41) is 19.9. The Labute approximate surface area is 39.8 Å². The van der Waals surface area contributed by atoms with Crippen LogP contribution in [0.1, 0.15) is 0 Å². The molecule has 7 heavy (non-hydrogen) atoms. The van der Waals surface area contributed by atoms with Crippen molar-refractivity contribution in [1.29, 1.82) is 0 Å². The van der Waals surface area contributed by atoms with Crippen LogP contribution in [0.25, 0.3) is 0 Å². The molecule has 1 heterocycles. The molecular weight excluding hydrogens is 96.0 g/mol. The molecule has 2 N–H and O–H groups in total. The SMILES string of the molecule is OC1=C(O)N=C[N]1. The second-order valence-electron chi connectivity index (χ2n) is 1.02. The van der Waals surface area contributed by atoms with Crippen LogP contribution in [0.3, 0.4) is 0 Å². The Bertz CT molecular complexity index is 138. The molecule has 0 aliphatic carbocycles. The van der Waals surface area contributed by atoms with E-state index >= 15 is 0 Å². The van der Waals surface area contributed by atoms with Crippen molar-refractivity contribution in [2.45, 2.75) is 0 Å². The summed E-state index contributed by atoms with van der Waals surface area (Å²) < 4.78 is 0. The second kappa shape index (κ2) is 1.14. The minimum absolute atomic E-state index is 0.417. The van der Waals surface area contributed by atoms with E-state index in [1.54, 1.807) is 0 Å². The molecule has 0 fully saturated rings. The van der Waals surface area contributed by atoms with Crippen molar-refractivity contribution in [2.24, 2.45) is 4.99 Å². The first-order valence-corrected chi connectivity index (χ1v) is 1.66. The second-order valence-corrected chi connectivity index (χ2v) is 1.02. The van der Waals surface area contributed by atoms with Crippen LogP contribution in [-0.2, 0) is 0 Å². The molecule has 0 atom stereocenters. The summed E-state index contributed by atoms with van der Waals surface area (Å²) in [5.41, 5.74) is 0. The van der Waals surface area contributed by atoms with Crippen molar-refractivity contribution >= 4 is 6.34 Å². The third kappa shape index (κ3) is 0.489. The minimum atomic E-state index is -0.417. The fraction of sp³-hybridized carbons (Fsp3) is 0. The molecule has 0 aromatic rings. The molecule has 0 saturated heterocycles. The molecule has 4 heteroatoms. The number of aliphatic imine (C=N–C) groups is 1. The fourth-order valence-corrected chi connectivity index (χ4v) is 0.254. The number of hydrogen-bond acceptors (Lipinski definition) is 3. The maximum Gasteiger partial charge on any atom is 0.276 e. The largest absolute Gasteiger partial charge is 0.489 e. The van der Waals surface area contributed by atoms with E-state index in [2.05, 4.69) is 10.3 Å². The molecule has 37 valence electrons. The number of nitrogens with zero attached hydrogens (tertiary/aromatic N) is 2. The Balaban J connectivity index is 2.79. The number of aliphatic hydroxyl groups excluding tert-OH is 2. The Morgan fingerprint density at radius 2 is 2.00 bits per heavy atom. The molecule has 0 aromatic carbocycles. The molecule has 4 nitrogen and oxygen atoms in total. The van der Waals surface area contributed by atoms with Crippen molar-refractivity contribution in [3.05, 3.63) is 11.8 Å². The van der Waals surface area contributed by atoms with E-state index in [4.69, 9.17) is 10.2 Å². The van der Waals surface area contributed by atoms with Crippen LogP contribution in [0.5, 0.6) is 0 Å². The van der Waals surface area contributed by atoms with E-state index in [9.17, 15) is 0 Å². The quantitative estimate of drug-likeness (QED) is 0.444. The molecule has 0 amide bonds. The lowest BCUT2D eigenvalue weighted by Crippen LogP contribution is -1.94. The van der Waals surface area contributed by atoms with E-state index in [0.29, 0.717) is 0 Å². The van der Waals surface area contributed by atoms with Crippen LogP contribution in [-0.4, -0.2) is 16.6 Å². The maximum absolute atomic E-state index is 8.34. The number of hydrogen-bond donors (Lipinski definition) is 2. The lowest BCUT2D eigenvalue weighted by Gasteiger charge is -1.82. The van der Waals surface area contributed by atoms with Crippen molar-refractivity contribution < 1.29 is 10.2 Å². The van der Waals surface area contributed by atoms with Crippen LogP contribution < -0.4 is 5.32 Å². The minimum Gasteiger partial charge on any atom is -0.489 e. The first kappa shape index (κ1) is 3.98. The van der Waals surface area contributed by atoms with Gasteiger partial charge in [-0.05, 0) is 0 Å². The third-order valence-corrected chi connectivity index (χ3v) is 0.560. The number of aliphatic hydroxyl groups is 2. The Hall–Kier alpha value is -1.19. The van der Waals surface area contributed by atoms with Gasteiger partial charge in [0.15, 0.2) is 0 Å². The molecule has 1 aliphatic heterocycles. The monoisotopic (exact) mass is 99.0 g/mol. The van der Waals surface area contributed by atoms with Gasteiger partial charge in [0.25, 0.3) is 11.8 Å². The smallest absolute Gasteiger partial charge is 0.276 e. The summed E-state index contributed by atoms with van der Waals surface area (Å²) in [5.74, 6) is -0.833. The van der Waals surface area contributed by atoms with E-state index in [1.165, 1.54) is 0 Å². The van der Waals surface area contributed by atoms with E-state index < -0.39 is 11.8 Å². The molecule has 0 aromatic heterocycles. The normalized spacial score (nSPS) is 17.7. The van der Waals surface area contributed by atoms with Gasteiger partial charge in [-0.3, -0.25) is 0 Å². The van der Waals surface area contributed by atoms with Gasteiger partial charge in [0.05, 0.1) is 0 Å². The summed E-state index contributed by atoms with van der Waals surface area (Å²) in [4.78, 5) is 3.21. The molecule has 1 rings (SSSR count). The maximum atomic E-state index is 8.34. The molecule has 1 radical (unpaired) electrons. The first-order valence-electron chi connectivity index (χ1n) is 1.66. The van der Waals surface area contributed by atoms with Crippen molar-refractivity contribution in [3.8, 4) is 0 Å². The van der Waals surface area contributed by atoms with Gasteiger partial charge in [-0.25, -0.2) is 0 Å². The Morgan fingerprint density at radius 1 is 1.29 bits per heavy atom. The van der Waals surface area contributed by atoms with Gasteiger partial charge in [0.1, 0.15) is 6.34 Å². The zero-order valence-electron chi connectivity index (χ0n) is 3.37. The van der Waals surface area contributed by atoms with Gasteiger partial charge in [-0.2, -0.15) is 10.3 Å². The van der Waals surface area contributed by atoms with Crippen LogP contribution in [0.15, 0.2) is 16.8 Å². The third-order valence-electron chi connectivity index (χ3n) is 0.560. The Morgan fingerprint density at radius 3 is 2.14 bits per heavy atom. The summed E-state index contributed by atoms with van der Waals surface area (Å²) >= 11 is 0. The average molecular weight is 99.1 g/mol. The standard InChI is InChI=1S/C3H3N2O2/c6-2-3(7)5-1-4-2/h1,6-7H. The zero-order valence-corrected chi connectivity index (χ0v) is 3.37. The average Bonchev–Trinajstić information content (AvgIpc) is 1.91. The highest BCUT2D eigenvalue weighted by Crippen LogP contribution is 1.99. The summed E-state index contributed by atoms with van der Waals surface area (Å²) in [6.07, 6.45) is 1.07. The van der Waals surface area contributed by atoms with Crippen molar-refractivity contribution in [3.63, 3.8) is 0 Å². The van der Waals surface area contributed by atoms with Crippen LogP contribution in [0, 0.1) is 0 Å². The lowest BCUT2D eigenvalue weighted by molar-refractivity contribution is 0.316. The van der Waals surface area contributed by atoms with Gasteiger partial charge in [-0.1, -0.05) is 0 Å². The van der Waals surface area contributed by atoms with Gasteiger partial charge in [0, 0.05) is 0 Å². The van der Waals surface area contributed by atoms with Crippen LogP contribution >= 0.6 is 0 Å². The van der Waals surface area contributed by atoms with E-state index in [0.717, 1.165) is 6.34 Å². The van der Waals surface area contributed by atoms with Crippen molar-refractivity contribution in [1.82, 2.24) is 5.32 Å². The highest BCUT2D eigenvalue weighted by molar-refractivity contribution is 5.60. The first-order chi connectivity index (χ1) is 3.30. The Kier molecular flexibility index (Phi) is 0.651. The summed E-state index contributed by atoms with van der Waals surface area (Å²) in [6, 6.07) is 0. The van der Waals surface area contributed by atoms with Gasteiger partial charge >= 0.3 is 0 Å². The molecule has 0 saturated carbocycles. The lowest BCUT2D eigenvalue weighted by atomic mass is 10.8. The molecule has 1 aliphatic rings. The highest BCUT2D eigenvalue weighted by atomic mass is 16.3. The predicted octanol–water partition coefficient (Wildman–Crippen LogP) is -0.125. The van der Waals surface area contributed by atoms with E-state index in [1.807, 2.05) is 0 Å². The van der Waals surface area contributed by atoms with Crippen LogP contribution in [0.4, 0.5) is 0 Å². The highest BCUT2D eigenvalue weighted by Gasteiger charge is 2.05. The van der Waals surface area contributed by atoms with E-state index in [-0.39, 0.29) is 0 Å². The molecule has 0 bridgehead atoms. The van der Waals surface area contributed by atoms with Gasteiger partial charge in [-0.15, -0.1) is 0 Å². The molecule has 0 unspecified atom stereocenters. The van der Waals surface area contributed by atoms with Gasteiger partial charge < -0.3 is 10.2 Å².